The van der Waals surface area contributed by atoms with Crippen LogP contribution < -0.4 is 5.32 Å². The van der Waals surface area contributed by atoms with E-state index in [-0.39, 0.29) is 12.5 Å². The van der Waals surface area contributed by atoms with E-state index in [0.29, 0.717) is 12.8 Å². The second kappa shape index (κ2) is 69.5. The van der Waals surface area contributed by atoms with Gasteiger partial charge in [-0.25, -0.2) is 0 Å². The maximum Gasteiger partial charge on any atom is 0.220 e. The van der Waals surface area contributed by atoms with Crippen LogP contribution in [0.15, 0.2) is 72.9 Å². The highest BCUT2D eigenvalue weighted by Crippen LogP contribution is 2.31. The van der Waals surface area contributed by atoms with Crippen LogP contribution in [-0.4, -0.2) is 140 Å². The standard InChI is InChI=1S/C86H157NO13/c1-3-5-7-9-11-13-15-17-19-21-23-25-27-29-31-33-35-36-37-38-40-42-44-46-48-50-52-54-56-58-60-62-64-66-68-70-78(91)87-74(73-97-85-83(96)81(94)84(77(72-89)99-85)100-86-82(95)80(93)79(92)76(71-88)98-86)75(90)69-67-65-63-61-59-57-55-53-51-49-47-45-43-41-39-34-32-30-28-26-24-22-20-18-16-14-12-10-8-6-4-2/h5,7,11,13,17,19,23,25,29,31,35-36,74-77,79-86,88-90,92-96H,3-4,6,8-10,12,14-16,18,20-22,24,26-28,30,32-34,37-73H2,1-2H3,(H,87,91)/b7-5-,13-11-,19-17-,25-23-,31-29-,36-35-. The Balaban J connectivity index is 1.59. The van der Waals surface area contributed by atoms with Crippen LogP contribution in [0.25, 0.3) is 0 Å². The van der Waals surface area contributed by atoms with Gasteiger partial charge in [-0.2, -0.15) is 0 Å². The molecule has 2 aliphatic rings. The van der Waals surface area contributed by atoms with Crippen LogP contribution in [0.1, 0.15) is 373 Å². The molecule has 0 aliphatic carbocycles. The summed E-state index contributed by atoms with van der Waals surface area (Å²) in [5.41, 5.74) is 0. The summed E-state index contributed by atoms with van der Waals surface area (Å²) in [6.07, 6.45) is 79.5. The van der Waals surface area contributed by atoms with E-state index in [9.17, 15) is 45.6 Å². The van der Waals surface area contributed by atoms with Crippen LogP contribution in [0.5, 0.6) is 0 Å². The van der Waals surface area contributed by atoms with E-state index in [1.807, 2.05) is 0 Å². The number of ether oxygens (including phenoxy) is 4. The zero-order valence-electron chi connectivity index (χ0n) is 64.2. The number of amides is 1. The van der Waals surface area contributed by atoms with Gasteiger partial charge >= 0.3 is 0 Å². The number of unbranched alkanes of at least 4 members (excludes halogenated alkanes) is 46. The highest BCUT2D eigenvalue weighted by Gasteiger charge is 2.51. The van der Waals surface area contributed by atoms with E-state index < -0.39 is 86.8 Å². The monoisotopic (exact) mass is 1410 g/mol. The molecule has 0 radical (unpaired) electrons. The number of allylic oxidation sites excluding steroid dienone is 12. The van der Waals surface area contributed by atoms with Crippen LogP contribution in [0.4, 0.5) is 0 Å². The minimum absolute atomic E-state index is 0.202. The summed E-state index contributed by atoms with van der Waals surface area (Å²) < 4.78 is 23.0. The van der Waals surface area contributed by atoms with Crippen LogP contribution in [-0.2, 0) is 23.7 Å². The van der Waals surface area contributed by atoms with Crippen molar-refractivity contribution in [1.29, 1.82) is 0 Å². The largest absolute Gasteiger partial charge is 0.394 e. The fourth-order valence-corrected chi connectivity index (χ4v) is 13.8. The van der Waals surface area contributed by atoms with Crippen LogP contribution in [0.3, 0.4) is 0 Å². The van der Waals surface area contributed by atoms with Gasteiger partial charge in [0.1, 0.15) is 48.8 Å². The van der Waals surface area contributed by atoms with Gasteiger partial charge in [-0.05, 0) is 64.2 Å². The molecular weight excluding hydrogens is 1250 g/mol. The third kappa shape index (κ3) is 51.6. The average molecular weight is 1410 g/mol. The molecule has 12 atom stereocenters. The second-order valence-corrected chi connectivity index (χ2v) is 29.6. The van der Waals surface area contributed by atoms with Crippen molar-refractivity contribution < 1.29 is 64.6 Å². The summed E-state index contributed by atoms with van der Waals surface area (Å²) >= 11 is 0. The fraction of sp³-hybridized carbons (Fsp3) is 0.849. The van der Waals surface area contributed by atoms with E-state index in [2.05, 4.69) is 92.1 Å². The smallest absolute Gasteiger partial charge is 0.220 e. The molecule has 0 aromatic carbocycles. The van der Waals surface area contributed by atoms with Gasteiger partial charge in [0.15, 0.2) is 12.6 Å². The number of carbonyl (C=O) groups is 1. The van der Waals surface area contributed by atoms with E-state index >= 15 is 0 Å². The quantitative estimate of drug-likeness (QED) is 0.0204. The molecule has 14 heteroatoms. The summed E-state index contributed by atoms with van der Waals surface area (Å²) in [4.78, 5) is 13.4. The number of hydrogen-bond donors (Lipinski definition) is 9. The molecule has 12 unspecified atom stereocenters. The number of hydrogen-bond acceptors (Lipinski definition) is 13. The van der Waals surface area contributed by atoms with Crippen LogP contribution >= 0.6 is 0 Å². The molecule has 2 rings (SSSR count). The third-order valence-corrected chi connectivity index (χ3v) is 20.4. The second-order valence-electron chi connectivity index (χ2n) is 29.6. The fourth-order valence-electron chi connectivity index (χ4n) is 13.8. The molecule has 1 amide bonds. The first-order chi connectivity index (χ1) is 49.1. The first-order valence-corrected chi connectivity index (χ1v) is 42.2. The highest BCUT2D eigenvalue weighted by molar-refractivity contribution is 5.76. The minimum Gasteiger partial charge on any atom is -0.394 e. The molecule has 0 spiro atoms. The van der Waals surface area contributed by atoms with E-state index in [1.54, 1.807) is 0 Å². The lowest BCUT2D eigenvalue weighted by Crippen LogP contribution is -2.65. The van der Waals surface area contributed by atoms with Gasteiger partial charge in [0.05, 0.1) is 32.0 Å². The summed E-state index contributed by atoms with van der Waals surface area (Å²) in [6.45, 7) is 2.81. The van der Waals surface area contributed by atoms with Crippen molar-refractivity contribution in [3.8, 4) is 0 Å². The topological polar surface area (TPSA) is 228 Å². The van der Waals surface area contributed by atoms with Gasteiger partial charge in [-0.1, -0.05) is 376 Å². The number of aliphatic hydroxyl groups is 8. The Morgan fingerprint density at radius 2 is 0.690 bits per heavy atom. The Hall–Kier alpha value is -2.57. The van der Waals surface area contributed by atoms with E-state index in [0.717, 1.165) is 89.9 Å². The molecule has 9 N–H and O–H groups in total. The molecular formula is C86H157NO13. The van der Waals surface area contributed by atoms with Gasteiger partial charge < -0.3 is 65.1 Å². The van der Waals surface area contributed by atoms with Crippen molar-refractivity contribution in [2.75, 3.05) is 19.8 Å². The zero-order valence-corrected chi connectivity index (χ0v) is 64.2. The van der Waals surface area contributed by atoms with Gasteiger partial charge in [-0.3, -0.25) is 4.79 Å². The molecule has 2 saturated heterocycles. The molecule has 2 aliphatic heterocycles. The maximum absolute atomic E-state index is 13.4. The Bertz CT molecular complexity index is 1960. The predicted molar refractivity (Wildman–Crippen MR) is 415 cm³/mol. The number of carbonyl (C=O) groups excluding carboxylic acids is 1. The molecule has 0 bridgehead atoms. The molecule has 2 fully saturated rings. The Morgan fingerprint density at radius 1 is 0.370 bits per heavy atom. The van der Waals surface area contributed by atoms with Crippen molar-refractivity contribution in [1.82, 2.24) is 5.32 Å². The Kier molecular flexibility index (Phi) is 65.0. The van der Waals surface area contributed by atoms with Crippen molar-refractivity contribution in [2.24, 2.45) is 0 Å². The number of rotatable bonds is 71. The summed E-state index contributed by atoms with van der Waals surface area (Å²) in [5, 5.41) is 88.0. The SMILES string of the molecule is CC/C=C\C/C=C\C/C=C\C/C=C\C/C=C\C/C=C\CCCCCCCCCCCCCCCCCCC(=O)NC(COC1OC(CO)C(OC2OC(CO)C(O)C(O)C2O)C(O)C1O)C(O)CCCCCCCCCCCCCCCCCCCCCCCCCCCCCCCCC. The van der Waals surface area contributed by atoms with E-state index in [4.69, 9.17) is 18.9 Å². The molecule has 14 nitrogen and oxygen atoms in total. The molecule has 0 aromatic heterocycles. The van der Waals surface area contributed by atoms with Crippen molar-refractivity contribution in [3.05, 3.63) is 72.9 Å². The first-order valence-electron chi connectivity index (χ1n) is 42.2. The van der Waals surface area contributed by atoms with Crippen LogP contribution in [0.2, 0.25) is 0 Å². The predicted octanol–water partition coefficient (Wildman–Crippen LogP) is 19.7. The molecule has 0 saturated carbocycles. The molecule has 0 aromatic rings. The van der Waals surface area contributed by atoms with Crippen molar-refractivity contribution >= 4 is 5.91 Å². The van der Waals surface area contributed by atoms with Crippen molar-refractivity contribution in [3.63, 3.8) is 0 Å². The van der Waals surface area contributed by atoms with Crippen molar-refractivity contribution in [2.45, 2.75) is 447 Å². The van der Waals surface area contributed by atoms with Gasteiger partial charge in [0, 0.05) is 6.42 Å². The van der Waals surface area contributed by atoms with E-state index in [1.165, 1.54) is 257 Å². The summed E-state index contributed by atoms with van der Waals surface area (Å²) in [6, 6.07) is -0.834. The first kappa shape index (κ1) is 93.5. The maximum atomic E-state index is 13.4. The van der Waals surface area contributed by atoms with Crippen LogP contribution in [0, 0.1) is 0 Å². The average Bonchev–Trinajstić information content (AvgIpc) is 0.790. The summed E-state index contributed by atoms with van der Waals surface area (Å²) in [7, 11) is 0. The van der Waals surface area contributed by atoms with Gasteiger partial charge in [0.2, 0.25) is 5.91 Å². The number of aliphatic hydroxyl groups excluding tert-OH is 8. The molecule has 2 heterocycles. The Labute approximate surface area is 612 Å². The van der Waals surface area contributed by atoms with Gasteiger partial charge in [-0.15, -0.1) is 0 Å². The lowest BCUT2D eigenvalue weighted by molar-refractivity contribution is -0.359. The molecule has 100 heavy (non-hydrogen) atoms. The number of nitrogens with one attached hydrogen (secondary N) is 1. The summed E-state index contributed by atoms with van der Waals surface area (Å²) in [5.74, 6) is -0.202. The normalized spacial score (nSPS) is 22.2. The lowest BCUT2D eigenvalue weighted by atomic mass is 9.97. The third-order valence-electron chi connectivity index (χ3n) is 20.4. The highest BCUT2D eigenvalue weighted by atomic mass is 16.7. The Morgan fingerprint density at radius 3 is 1.06 bits per heavy atom. The zero-order chi connectivity index (χ0) is 72.2. The molecule has 584 valence electrons. The minimum atomic E-state index is -1.79. The lowest BCUT2D eigenvalue weighted by Gasteiger charge is -2.46. The van der Waals surface area contributed by atoms with Gasteiger partial charge in [0.25, 0.3) is 0 Å².